The lowest BCUT2D eigenvalue weighted by atomic mass is 9.75. The minimum atomic E-state index is -4.51. The fourth-order valence-corrected chi connectivity index (χ4v) is 18.5. The van der Waals surface area contributed by atoms with Crippen LogP contribution in [0, 0.1) is 12.3 Å². The molecule has 5 N–H and O–H groups in total. The lowest BCUT2D eigenvalue weighted by Crippen LogP contribution is -2.28. The van der Waals surface area contributed by atoms with Crippen LogP contribution in [0.2, 0.25) is 0 Å². The van der Waals surface area contributed by atoms with E-state index < -0.39 is 62.8 Å². The Balaban J connectivity index is 0.687. The molecule has 2 aliphatic heterocycles. The highest BCUT2D eigenvalue weighted by molar-refractivity contribution is 7.86. The summed E-state index contributed by atoms with van der Waals surface area (Å²) in [4.78, 5) is 29.5. The van der Waals surface area contributed by atoms with Crippen LogP contribution in [0.15, 0.2) is 154 Å². The van der Waals surface area contributed by atoms with Crippen molar-refractivity contribution in [3.63, 3.8) is 0 Å². The van der Waals surface area contributed by atoms with Crippen LogP contribution in [0.25, 0.3) is 32.8 Å². The third kappa shape index (κ3) is 22.0. The van der Waals surface area contributed by atoms with Crippen LogP contribution in [0.1, 0.15) is 160 Å². The number of fused-ring (bicyclic) bond motifs is 7. The van der Waals surface area contributed by atoms with Crippen LogP contribution in [-0.4, -0.2) is 206 Å². The van der Waals surface area contributed by atoms with Gasteiger partial charge in [0.25, 0.3) is 36.3 Å². The lowest BCUT2D eigenvalue weighted by molar-refractivity contribution is -0.438. The predicted molar refractivity (Wildman–Crippen MR) is 449 cm³/mol. The maximum absolute atomic E-state index is 13.2. The smallest absolute Gasteiger partial charge is 0.294 e. The average Bonchev–Trinajstić information content (AvgIpc) is 1.57. The number of carbonyl (C=O) groups is 2. The zero-order valence-electron chi connectivity index (χ0n) is 67.7. The first kappa shape index (κ1) is 88.6. The van der Waals surface area contributed by atoms with E-state index in [1.54, 1.807) is 37.2 Å². The van der Waals surface area contributed by atoms with Gasteiger partial charge < -0.3 is 48.7 Å². The largest absolute Gasteiger partial charge is 0.748 e. The molecule has 6 aromatic carbocycles. The lowest BCUT2D eigenvalue weighted by Gasteiger charge is -2.29. The number of amides is 1. The van der Waals surface area contributed by atoms with E-state index in [-0.39, 0.29) is 39.7 Å². The van der Waals surface area contributed by atoms with Crippen molar-refractivity contribution in [1.29, 1.82) is 0 Å². The second-order valence-electron chi connectivity index (χ2n) is 32.1. The molecule has 3 heterocycles. The van der Waals surface area contributed by atoms with Crippen LogP contribution >= 0.6 is 0 Å². The summed E-state index contributed by atoms with van der Waals surface area (Å²) in [5.41, 5.74) is 13.2. The van der Waals surface area contributed by atoms with E-state index in [1.165, 1.54) is 24.3 Å². The number of carbonyl (C=O) groups excluding carboxylic acids is 2. The first-order valence-electron chi connectivity index (χ1n) is 39.6. The summed E-state index contributed by atoms with van der Waals surface area (Å²) in [7, 11) is -14.3. The number of hydrogen-bond acceptors (Lipinski definition) is 20. The molecule has 0 atom stereocenters. The van der Waals surface area contributed by atoms with Crippen molar-refractivity contribution in [1.82, 2.24) is 20.0 Å². The average molecular weight is 1670 g/mol. The molecular formula is C86H109N7O19S4. The molecule has 626 valence electrons. The Morgan fingerprint density at radius 2 is 1.23 bits per heavy atom. The Morgan fingerprint density at radius 1 is 0.638 bits per heavy atom. The fourth-order valence-electron chi connectivity index (χ4n) is 16.3. The van der Waals surface area contributed by atoms with Gasteiger partial charge in [0.2, 0.25) is 5.69 Å². The highest BCUT2D eigenvalue weighted by Gasteiger charge is 2.46. The molecule has 0 bridgehead atoms. The Labute approximate surface area is 682 Å². The molecule has 0 saturated carbocycles. The van der Waals surface area contributed by atoms with Crippen LogP contribution < -0.4 is 15.5 Å². The van der Waals surface area contributed by atoms with Gasteiger partial charge in [-0.05, 0) is 206 Å². The summed E-state index contributed by atoms with van der Waals surface area (Å²) < 4.78 is 171. The number of unbranched alkanes of at least 4 members (excludes halogenated alkanes) is 2. The van der Waals surface area contributed by atoms with E-state index in [0.717, 1.165) is 96.8 Å². The zero-order chi connectivity index (χ0) is 83.5. The molecule has 26 nitrogen and oxygen atoms in total. The Morgan fingerprint density at radius 3 is 1.84 bits per heavy atom. The molecule has 1 aromatic heterocycles. The summed E-state index contributed by atoms with van der Waals surface area (Å²) in [5.74, 6) is -0.939. The summed E-state index contributed by atoms with van der Waals surface area (Å²) in [6, 6.07) is 30.6. The third-order valence-corrected chi connectivity index (χ3v) is 25.1. The molecule has 0 radical (unpaired) electrons. The van der Waals surface area contributed by atoms with Crippen molar-refractivity contribution in [2.45, 2.75) is 146 Å². The van der Waals surface area contributed by atoms with Crippen LogP contribution in [0.3, 0.4) is 0 Å². The van der Waals surface area contributed by atoms with Crippen LogP contribution in [0.5, 0.6) is 0 Å². The first-order valence-corrected chi connectivity index (χ1v) is 45.6. The number of aryl methyl sites for hydroxylation is 1. The van der Waals surface area contributed by atoms with Crippen molar-refractivity contribution in [2.75, 3.05) is 128 Å². The minimum Gasteiger partial charge on any atom is -0.748 e. The van der Waals surface area contributed by atoms with Crippen molar-refractivity contribution < 1.29 is 89.7 Å². The topological polar surface area (TPSA) is 352 Å². The number of allylic oxidation sites excluding steroid dienone is 8. The molecule has 0 fully saturated rings. The molecule has 4 aliphatic rings. The van der Waals surface area contributed by atoms with E-state index in [4.69, 9.17) is 28.8 Å². The van der Waals surface area contributed by atoms with Crippen molar-refractivity contribution in [3.05, 3.63) is 189 Å². The van der Waals surface area contributed by atoms with Crippen molar-refractivity contribution in [3.8, 4) is 5.69 Å². The number of benzene rings is 6. The highest BCUT2D eigenvalue weighted by Crippen LogP contribution is 2.52. The van der Waals surface area contributed by atoms with Crippen molar-refractivity contribution in [2.24, 2.45) is 5.41 Å². The number of nitrogens with one attached hydrogen (secondary N) is 2. The van der Waals surface area contributed by atoms with Gasteiger partial charge in [-0.2, -0.15) is 34.9 Å². The maximum Gasteiger partial charge on any atom is 0.294 e. The van der Waals surface area contributed by atoms with Gasteiger partial charge in [-0.1, -0.05) is 82.3 Å². The molecule has 0 saturated heterocycles. The Bertz CT molecular complexity index is 5450. The molecule has 116 heavy (non-hydrogen) atoms. The van der Waals surface area contributed by atoms with Crippen LogP contribution in [-0.2, 0) is 88.0 Å². The Hall–Kier alpha value is -8.18. The second kappa shape index (κ2) is 37.8. The normalized spacial score (nSPS) is 16.9. The van der Waals surface area contributed by atoms with Gasteiger partial charge in [0, 0.05) is 106 Å². The maximum atomic E-state index is 13.2. The second-order valence-corrected chi connectivity index (χ2v) is 38.1. The predicted octanol–water partition coefficient (Wildman–Crippen LogP) is 13.1. The number of hydrogen-bond donors (Lipinski definition) is 5. The van der Waals surface area contributed by atoms with Gasteiger partial charge in [-0.3, -0.25) is 23.2 Å². The SMILES string of the molecule is Cc1nn(-c2ccc(C(=O)N(C)C)c(NCCCOCCOCCOCCOCCOCCCNCc3ccc(C4=C(/C=C/C5=[N+](CCCCS(=O)(=O)[O-])c6ccc7cc(S(=O)(=O)O)ccc7c6C5(C)C)CCC/C4=C\C=C4/N(CCCCS(=O)(=O)O)c5ccc6cc(S(=O)(=O)O)ccc6c5C4(C)C)cc3)c2)c2c1C(=O)CC(C)(C)C2. The monoisotopic (exact) mass is 1670 g/mol. The number of aromatic nitrogens is 2. The van der Waals surface area contributed by atoms with E-state index in [1.807, 2.05) is 48.0 Å². The molecule has 11 rings (SSSR count). The summed E-state index contributed by atoms with van der Waals surface area (Å²) in [6.45, 7) is 21.4. The number of Topliss-reactive ketones (excluding diaryl/α,β-unsaturated/α-hetero) is 1. The Kier molecular flexibility index (Phi) is 28.9. The molecule has 2 aliphatic carbocycles. The number of nitrogens with zero attached hydrogens (tertiary/aromatic N) is 5. The highest BCUT2D eigenvalue weighted by atomic mass is 32.2. The molecule has 0 unspecified atom stereocenters. The van der Waals surface area contributed by atoms with Gasteiger partial charge in [0.1, 0.15) is 6.54 Å². The van der Waals surface area contributed by atoms with E-state index in [2.05, 4.69) is 110 Å². The quantitative estimate of drug-likeness (QED) is 0.0135. The summed E-state index contributed by atoms with van der Waals surface area (Å²) in [5, 5.41) is 14.5. The number of ketones is 1. The van der Waals surface area contributed by atoms with E-state index >= 15 is 0 Å². The number of ether oxygens (including phenoxy) is 5. The molecule has 0 spiro atoms. The van der Waals surface area contributed by atoms with Gasteiger partial charge in [0.15, 0.2) is 11.5 Å². The van der Waals surface area contributed by atoms with E-state index in [9.17, 15) is 61.5 Å². The summed E-state index contributed by atoms with van der Waals surface area (Å²) in [6.07, 6.45) is 14.5. The fraction of sp³-hybridized carbons (Fsp3) is 0.465. The van der Waals surface area contributed by atoms with E-state index in [0.29, 0.717) is 177 Å². The van der Waals surface area contributed by atoms with Crippen LogP contribution in [0.4, 0.5) is 17.1 Å². The standard InChI is InChI=1S/C86H109N7O19S4/c1-59-79-75(56-84(2,3)57-76(79)94)93(89-59)66-27-30-71(83(95)90(8)9)72(55-66)88-38-16-42-109-44-46-111-48-50-112-49-47-110-45-43-108-41-15-37-87-58-60-19-21-63(22-20-60)80-61(25-35-77-85(4,5)81-69-31-28-67(115(102,103)104)53-64(69)23-33-73(81)91(77)39-10-12-51-113(96,97)98)17-14-18-62(80)26-36-78-86(6,7)82-70-32-29-68(116(105,106)107)54-65(70)24-34-74(82)92(78)40-11-13-52-114(99,100)101/h19-36,53-55,87H,10-18,37-52,56-58H2,1-9H3,(H4-,88,95,96,97,98,99,100,101,102,103,104,105,106,107). The molecule has 30 heteroatoms. The first-order chi connectivity index (χ1) is 54.9. The molecule has 1 amide bonds. The van der Waals surface area contributed by atoms with Crippen molar-refractivity contribution >= 4 is 102 Å². The summed E-state index contributed by atoms with van der Waals surface area (Å²) >= 11 is 0. The third-order valence-electron chi connectivity index (χ3n) is 21.8. The van der Waals surface area contributed by atoms with Gasteiger partial charge in [-0.25, -0.2) is 13.1 Å². The minimum absolute atomic E-state index is 0.108. The van der Waals surface area contributed by atoms with Gasteiger partial charge >= 0.3 is 0 Å². The van der Waals surface area contributed by atoms with Gasteiger partial charge in [-0.15, -0.1) is 0 Å². The molecular weight excluding hydrogens is 1560 g/mol. The zero-order valence-corrected chi connectivity index (χ0v) is 70.9. The van der Waals surface area contributed by atoms with Gasteiger partial charge in [0.05, 0.1) is 112 Å². The molecule has 7 aromatic rings. The number of rotatable bonds is 41. The number of anilines is 2.